The monoisotopic (exact) mass is 265 g/mol. The first-order valence-electron chi connectivity index (χ1n) is 5.62. The summed E-state index contributed by atoms with van der Waals surface area (Å²) in [6, 6.07) is 0.893. The third kappa shape index (κ3) is 5.05. The zero-order chi connectivity index (χ0) is 14.0. The highest BCUT2D eigenvalue weighted by Gasteiger charge is 2.33. The molecule has 4 nitrogen and oxygen atoms in total. The van der Waals surface area contributed by atoms with E-state index in [9.17, 15) is 18.3 Å². The van der Waals surface area contributed by atoms with Crippen molar-refractivity contribution in [1.29, 1.82) is 0 Å². The van der Waals surface area contributed by atoms with Crippen LogP contribution in [-0.4, -0.2) is 33.1 Å². The second-order valence-electron chi connectivity index (χ2n) is 5.21. The highest BCUT2D eigenvalue weighted by atomic mass is 19.4. The number of halogens is 3. The molecule has 0 amide bonds. The van der Waals surface area contributed by atoms with Crippen LogP contribution < -0.4 is 5.32 Å². The van der Waals surface area contributed by atoms with Gasteiger partial charge in [-0.2, -0.15) is 18.3 Å². The first kappa shape index (κ1) is 15.0. The smallest absolute Gasteiger partial charge is 0.390 e. The van der Waals surface area contributed by atoms with E-state index in [0.29, 0.717) is 6.54 Å². The average molecular weight is 265 g/mol. The minimum atomic E-state index is -4.44. The lowest BCUT2D eigenvalue weighted by Crippen LogP contribution is -2.42. The van der Waals surface area contributed by atoms with Gasteiger partial charge in [0.1, 0.15) is 0 Å². The third-order valence-corrected chi connectivity index (χ3v) is 2.20. The molecule has 0 spiro atoms. The molecule has 0 saturated heterocycles. The molecule has 0 fully saturated rings. The maximum absolute atomic E-state index is 12.3. The van der Waals surface area contributed by atoms with Gasteiger partial charge in [-0.3, -0.25) is 4.68 Å². The Hall–Kier alpha value is -1.08. The lowest BCUT2D eigenvalue weighted by Gasteiger charge is -2.22. The number of aliphatic hydroxyl groups excluding tert-OH is 1. The van der Waals surface area contributed by atoms with E-state index in [2.05, 4.69) is 10.4 Å². The molecule has 1 heterocycles. The summed E-state index contributed by atoms with van der Waals surface area (Å²) < 4.78 is 38.0. The number of aliphatic hydroxyl groups is 1. The van der Waals surface area contributed by atoms with Crippen LogP contribution in [0.2, 0.25) is 0 Å². The first-order chi connectivity index (χ1) is 8.08. The van der Waals surface area contributed by atoms with Crippen molar-refractivity contribution in [2.24, 2.45) is 0 Å². The molecule has 2 N–H and O–H groups in total. The Bertz CT molecular complexity index is 382. The molecule has 0 aliphatic carbocycles. The van der Waals surface area contributed by atoms with Crippen molar-refractivity contribution in [3.8, 4) is 0 Å². The molecule has 0 bridgehead atoms. The van der Waals surface area contributed by atoms with Crippen molar-refractivity contribution in [2.75, 3.05) is 6.54 Å². The van der Waals surface area contributed by atoms with Crippen LogP contribution in [0.4, 0.5) is 13.2 Å². The SMILES string of the molecule is CC(C)(C)NCC(O)Cn1ccc(C(F)(F)F)n1. The van der Waals surface area contributed by atoms with Crippen LogP contribution in [0.3, 0.4) is 0 Å². The van der Waals surface area contributed by atoms with Gasteiger partial charge in [0.05, 0.1) is 12.6 Å². The van der Waals surface area contributed by atoms with Crippen LogP contribution in [-0.2, 0) is 12.7 Å². The van der Waals surface area contributed by atoms with E-state index >= 15 is 0 Å². The van der Waals surface area contributed by atoms with Crippen LogP contribution in [0.5, 0.6) is 0 Å². The Balaban J connectivity index is 2.50. The van der Waals surface area contributed by atoms with E-state index in [0.717, 1.165) is 10.7 Å². The lowest BCUT2D eigenvalue weighted by atomic mass is 10.1. The van der Waals surface area contributed by atoms with Crippen LogP contribution in [0.25, 0.3) is 0 Å². The fourth-order valence-electron chi connectivity index (χ4n) is 1.32. The first-order valence-corrected chi connectivity index (χ1v) is 5.62. The molecule has 1 aromatic rings. The minimum Gasteiger partial charge on any atom is -0.390 e. The molecule has 0 aliphatic heterocycles. The second kappa shape index (κ2) is 5.27. The molecule has 1 atom stereocenters. The van der Waals surface area contributed by atoms with E-state index in [1.54, 1.807) is 0 Å². The fraction of sp³-hybridized carbons (Fsp3) is 0.727. The van der Waals surface area contributed by atoms with Gasteiger partial charge in [0.2, 0.25) is 0 Å². The Kier molecular flexibility index (Phi) is 4.39. The van der Waals surface area contributed by atoms with Crippen LogP contribution in [0.15, 0.2) is 12.3 Å². The van der Waals surface area contributed by atoms with Crippen LogP contribution in [0, 0.1) is 0 Å². The summed E-state index contributed by atoms with van der Waals surface area (Å²) in [5.74, 6) is 0. The lowest BCUT2D eigenvalue weighted by molar-refractivity contribution is -0.141. The topological polar surface area (TPSA) is 50.1 Å². The molecule has 0 radical (unpaired) electrons. The van der Waals surface area contributed by atoms with Gasteiger partial charge in [-0.05, 0) is 26.8 Å². The average Bonchev–Trinajstić information content (AvgIpc) is 2.61. The summed E-state index contributed by atoms with van der Waals surface area (Å²) in [6.07, 6.45) is -4.02. The Labute approximate surface area is 104 Å². The van der Waals surface area contributed by atoms with E-state index in [1.165, 1.54) is 6.20 Å². The summed E-state index contributed by atoms with van der Waals surface area (Å²) in [5, 5.41) is 16.1. The van der Waals surface area contributed by atoms with Crippen molar-refractivity contribution in [1.82, 2.24) is 15.1 Å². The van der Waals surface area contributed by atoms with E-state index in [4.69, 9.17) is 0 Å². The number of β-amino-alcohol motifs (C(OH)–C–C–N with tert-alkyl or cyclic N) is 1. The number of nitrogens with zero attached hydrogens (tertiary/aromatic N) is 2. The molecule has 0 aliphatic rings. The summed E-state index contributed by atoms with van der Waals surface area (Å²) in [7, 11) is 0. The van der Waals surface area contributed by atoms with Gasteiger partial charge in [-0.15, -0.1) is 0 Å². The van der Waals surface area contributed by atoms with Gasteiger partial charge in [0.15, 0.2) is 5.69 Å². The van der Waals surface area contributed by atoms with Gasteiger partial charge in [0, 0.05) is 18.3 Å². The van der Waals surface area contributed by atoms with Crippen molar-refractivity contribution in [3.05, 3.63) is 18.0 Å². The quantitative estimate of drug-likeness (QED) is 0.870. The Morgan fingerprint density at radius 3 is 2.44 bits per heavy atom. The maximum atomic E-state index is 12.3. The van der Waals surface area contributed by atoms with Crippen molar-refractivity contribution in [3.63, 3.8) is 0 Å². The number of nitrogens with one attached hydrogen (secondary N) is 1. The van der Waals surface area contributed by atoms with Crippen LogP contribution in [0.1, 0.15) is 26.5 Å². The van der Waals surface area contributed by atoms with Crippen molar-refractivity contribution >= 4 is 0 Å². The van der Waals surface area contributed by atoms with Crippen molar-refractivity contribution in [2.45, 2.75) is 45.1 Å². The van der Waals surface area contributed by atoms with Gasteiger partial charge in [-0.1, -0.05) is 0 Å². The number of hydrogen-bond acceptors (Lipinski definition) is 3. The number of aromatic nitrogens is 2. The number of hydrogen-bond donors (Lipinski definition) is 2. The highest BCUT2D eigenvalue weighted by Crippen LogP contribution is 2.27. The maximum Gasteiger partial charge on any atom is 0.435 e. The molecule has 1 unspecified atom stereocenters. The summed E-state index contributed by atoms with van der Waals surface area (Å²) in [5.41, 5.74) is -1.10. The molecule has 1 rings (SSSR count). The molecule has 0 saturated carbocycles. The molecule has 18 heavy (non-hydrogen) atoms. The van der Waals surface area contributed by atoms with Gasteiger partial charge >= 0.3 is 6.18 Å². The van der Waals surface area contributed by atoms with E-state index < -0.39 is 18.0 Å². The van der Waals surface area contributed by atoms with Crippen molar-refractivity contribution < 1.29 is 18.3 Å². The van der Waals surface area contributed by atoms with E-state index in [1.807, 2.05) is 20.8 Å². The molecule has 0 aromatic carbocycles. The predicted octanol–water partition coefficient (Wildman–Crippen LogP) is 1.65. The standard InChI is InChI=1S/C11H18F3N3O/c1-10(2,3)15-6-8(18)7-17-5-4-9(16-17)11(12,13)14/h4-5,8,15,18H,6-7H2,1-3H3. The molecule has 104 valence electrons. The Morgan fingerprint density at radius 1 is 1.39 bits per heavy atom. The summed E-state index contributed by atoms with van der Waals surface area (Å²) in [6.45, 7) is 6.14. The largest absolute Gasteiger partial charge is 0.435 e. The predicted molar refractivity (Wildman–Crippen MR) is 61.0 cm³/mol. The van der Waals surface area contributed by atoms with Gasteiger partial charge < -0.3 is 10.4 Å². The molecular weight excluding hydrogens is 247 g/mol. The number of rotatable bonds is 4. The van der Waals surface area contributed by atoms with Crippen LogP contribution >= 0.6 is 0 Å². The third-order valence-electron chi connectivity index (χ3n) is 2.20. The second-order valence-corrected chi connectivity index (χ2v) is 5.21. The van der Waals surface area contributed by atoms with E-state index in [-0.39, 0.29) is 12.1 Å². The molecular formula is C11H18F3N3O. The molecule has 1 aromatic heterocycles. The summed E-state index contributed by atoms with van der Waals surface area (Å²) in [4.78, 5) is 0. The molecule has 7 heteroatoms. The highest BCUT2D eigenvalue weighted by molar-refractivity contribution is 5.03. The van der Waals surface area contributed by atoms with Gasteiger partial charge in [-0.25, -0.2) is 0 Å². The summed E-state index contributed by atoms with van der Waals surface area (Å²) >= 11 is 0. The van der Waals surface area contributed by atoms with Gasteiger partial charge in [0.25, 0.3) is 0 Å². The minimum absolute atomic E-state index is 0.0269. The normalized spacial score (nSPS) is 14.8. The Morgan fingerprint density at radius 2 is 2.00 bits per heavy atom. The fourth-order valence-corrected chi connectivity index (χ4v) is 1.32. The zero-order valence-corrected chi connectivity index (χ0v) is 10.6. The zero-order valence-electron chi connectivity index (χ0n) is 10.6. The number of alkyl halides is 3.